The molecule has 3 aromatic heterocycles. The number of piperidine rings is 1. The van der Waals surface area contributed by atoms with Crippen LogP contribution in [0.1, 0.15) is 24.6 Å². The number of nitrogens with zero attached hydrogens (tertiary/aromatic N) is 5. The second-order valence-electron chi connectivity index (χ2n) is 8.27. The predicted molar refractivity (Wildman–Crippen MR) is 122 cm³/mol. The zero-order chi connectivity index (χ0) is 21.1. The molecule has 5 aromatic rings. The van der Waals surface area contributed by atoms with Crippen molar-refractivity contribution in [2.75, 3.05) is 13.1 Å². The SMILES string of the molecule is C=CC(=O)N1CCC(c2nc3c4cnccc4c4ccc5[nH]ncc5c4c3n2C)CC1. The first kappa shape index (κ1) is 18.1. The van der Waals surface area contributed by atoms with Crippen molar-refractivity contribution >= 4 is 49.4 Å². The Bertz CT molecular complexity index is 1500. The van der Waals surface area contributed by atoms with Crippen LogP contribution in [-0.2, 0) is 11.8 Å². The third-order valence-electron chi connectivity index (χ3n) is 6.70. The summed E-state index contributed by atoms with van der Waals surface area (Å²) in [5.74, 6) is 1.38. The number of amides is 1. The van der Waals surface area contributed by atoms with Crippen LogP contribution in [0.15, 0.2) is 49.4 Å². The van der Waals surface area contributed by atoms with Gasteiger partial charge >= 0.3 is 0 Å². The molecule has 7 nitrogen and oxygen atoms in total. The molecule has 1 amide bonds. The first-order valence-electron chi connectivity index (χ1n) is 10.6. The lowest BCUT2D eigenvalue weighted by Gasteiger charge is -2.31. The van der Waals surface area contributed by atoms with Crippen LogP contribution < -0.4 is 0 Å². The van der Waals surface area contributed by atoms with E-state index in [-0.39, 0.29) is 5.91 Å². The molecule has 2 aromatic carbocycles. The molecular weight excluding hydrogens is 388 g/mol. The van der Waals surface area contributed by atoms with E-state index in [0.29, 0.717) is 5.92 Å². The van der Waals surface area contributed by atoms with Crippen molar-refractivity contribution in [1.82, 2.24) is 29.6 Å². The van der Waals surface area contributed by atoms with Crippen molar-refractivity contribution in [2.24, 2.45) is 7.05 Å². The molecule has 154 valence electrons. The third kappa shape index (κ3) is 2.52. The van der Waals surface area contributed by atoms with Crippen LogP contribution >= 0.6 is 0 Å². The lowest BCUT2D eigenvalue weighted by atomic mass is 9.96. The van der Waals surface area contributed by atoms with Gasteiger partial charge in [0.15, 0.2) is 0 Å². The Kier molecular flexibility index (Phi) is 3.86. The van der Waals surface area contributed by atoms with Crippen molar-refractivity contribution in [3.8, 4) is 0 Å². The molecule has 31 heavy (non-hydrogen) atoms. The summed E-state index contributed by atoms with van der Waals surface area (Å²) in [5.41, 5.74) is 3.11. The van der Waals surface area contributed by atoms with Gasteiger partial charge in [-0.25, -0.2) is 4.98 Å². The quantitative estimate of drug-likeness (QED) is 0.352. The number of benzene rings is 2. The number of carbonyl (C=O) groups excluding carboxylic acids is 1. The molecule has 1 N–H and O–H groups in total. The van der Waals surface area contributed by atoms with Gasteiger partial charge in [0.1, 0.15) is 5.82 Å². The van der Waals surface area contributed by atoms with Crippen molar-refractivity contribution in [3.05, 3.63) is 55.3 Å². The van der Waals surface area contributed by atoms with Crippen molar-refractivity contribution in [1.29, 1.82) is 0 Å². The smallest absolute Gasteiger partial charge is 0.245 e. The molecule has 1 aliphatic rings. The summed E-state index contributed by atoms with van der Waals surface area (Å²) in [6, 6.07) is 6.31. The summed E-state index contributed by atoms with van der Waals surface area (Å²) in [5, 5.41) is 13.0. The number of aromatic amines is 1. The van der Waals surface area contributed by atoms with Crippen LogP contribution in [0, 0.1) is 0 Å². The average Bonchev–Trinajstić information content (AvgIpc) is 3.43. The number of likely N-dealkylation sites (tertiary alicyclic amines) is 1. The molecule has 6 rings (SSSR count). The molecule has 0 radical (unpaired) electrons. The number of imidazole rings is 1. The number of hydrogen-bond acceptors (Lipinski definition) is 4. The summed E-state index contributed by atoms with van der Waals surface area (Å²) in [7, 11) is 2.10. The van der Waals surface area contributed by atoms with E-state index in [1.54, 1.807) is 0 Å². The lowest BCUT2D eigenvalue weighted by molar-refractivity contribution is -0.127. The van der Waals surface area contributed by atoms with Crippen LogP contribution in [0.5, 0.6) is 0 Å². The van der Waals surface area contributed by atoms with Gasteiger partial charge in [-0.3, -0.25) is 14.9 Å². The predicted octanol–water partition coefficient (Wildman–Crippen LogP) is 4.04. The number of rotatable bonds is 2. The van der Waals surface area contributed by atoms with Crippen molar-refractivity contribution in [3.63, 3.8) is 0 Å². The van der Waals surface area contributed by atoms with Gasteiger partial charge in [0.25, 0.3) is 0 Å². The first-order chi connectivity index (χ1) is 15.2. The van der Waals surface area contributed by atoms with Crippen molar-refractivity contribution in [2.45, 2.75) is 18.8 Å². The largest absolute Gasteiger partial charge is 0.339 e. The summed E-state index contributed by atoms with van der Waals surface area (Å²) in [6.45, 7) is 5.07. The highest BCUT2D eigenvalue weighted by Crippen LogP contribution is 2.40. The van der Waals surface area contributed by atoms with Crippen LogP contribution in [0.25, 0.3) is 43.5 Å². The molecule has 4 heterocycles. The van der Waals surface area contributed by atoms with Gasteiger partial charge in [-0.1, -0.05) is 12.6 Å². The van der Waals surface area contributed by atoms with E-state index < -0.39 is 0 Å². The maximum Gasteiger partial charge on any atom is 0.245 e. The molecule has 0 atom stereocenters. The summed E-state index contributed by atoms with van der Waals surface area (Å²) in [4.78, 5) is 23.4. The highest BCUT2D eigenvalue weighted by atomic mass is 16.2. The fraction of sp³-hybridized carbons (Fsp3) is 0.250. The Labute approximate surface area is 178 Å². The summed E-state index contributed by atoms with van der Waals surface area (Å²) >= 11 is 0. The molecule has 0 bridgehead atoms. The molecule has 7 heteroatoms. The van der Waals surface area contributed by atoms with Gasteiger partial charge in [0, 0.05) is 54.6 Å². The van der Waals surface area contributed by atoms with E-state index in [0.717, 1.165) is 64.5 Å². The minimum atomic E-state index is 0.00821. The van der Waals surface area contributed by atoms with Crippen LogP contribution in [-0.4, -0.2) is 48.6 Å². The fourth-order valence-corrected chi connectivity index (χ4v) is 5.16. The number of H-pyrrole nitrogens is 1. The number of hydrogen-bond donors (Lipinski definition) is 1. The third-order valence-corrected chi connectivity index (χ3v) is 6.70. The summed E-state index contributed by atoms with van der Waals surface area (Å²) < 4.78 is 2.24. The molecule has 1 saturated heterocycles. The summed E-state index contributed by atoms with van der Waals surface area (Å²) in [6.07, 6.45) is 8.84. The number of aromatic nitrogens is 5. The van der Waals surface area contributed by atoms with Gasteiger partial charge in [0.05, 0.1) is 22.7 Å². The number of carbonyl (C=O) groups is 1. The minimum Gasteiger partial charge on any atom is -0.339 e. The molecule has 0 spiro atoms. The van der Waals surface area contributed by atoms with E-state index in [2.05, 4.69) is 51.6 Å². The molecule has 0 aliphatic carbocycles. The highest BCUT2D eigenvalue weighted by molar-refractivity contribution is 6.29. The van der Waals surface area contributed by atoms with Crippen LogP contribution in [0.3, 0.4) is 0 Å². The van der Waals surface area contributed by atoms with Crippen LogP contribution in [0.4, 0.5) is 0 Å². The van der Waals surface area contributed by atoms with E-state index in [4.69, 9.17) is 4.98 Å². The second-order valence-corrected chi connectivity index (χ2v) is 8.27. The maximum absolute atomic E-state index is 12.0. The zero-order valence-corrected chi connectivity index (χ0v) is 17.3. The Hall–Kier alpha value is -3.74. The maximum atomic E-state index is 12.0. The van der Waals surface area contributed by atoms with E-state index in [1.807, 2.05) is 23.5 Å². The molecule has 0 saturated carbocycles. The first-order valence-corrected chi connectivity index (χ1v) is 10.6. The van der Waals surface area contributed by atoms with Gasteiger partial charge in [0.2, 0.25) is 5.91 Å². The second kappa shape index (κ2) is 6.63. The molecule has 1 aliphatic heterocycles. The van der Waals surface area contributed by atoms with Crippen LogP contribution in [0.2, 0.25) is 0 Å². The minimum absolute atomic E-state index is 0.00821. The van der Waals surface area contributed by atoms with Gasteiger partial charge in [-0.05, 0) is 41.8 Å². The Morgan fingerprint density at radius 3 is 2.77 bits per heavy atom. The Morgan fingerprint density at radius 2 is 1.97 bits per heavy atom. The van der Waals surface area contributed by atoms with Gasteiger partial charge < -0.3 is 9.47 Å². The van der Waals surface area contributed by atoms with E-state index in [9.17, 15) is 4.79 Å². The number of pyridine rings is 1. The zero-order valence-electron chi connectivity index (χ0n) is 17.3. The topological polar surface area (TPSA) is 79.7 Å². The molecule has 1 fully saturated rings. The molecular formula is C24H22N6O. The molecule has 0 unspecified atom stereocenters. The number of nitrogens with one attached hydrogen (secondary N) is 1. The Morgan fingerprint density at radius 1 is 1.13 bits per heavy atom. The van der Waals surface area contributed by atoms with E-state index in [1.165, 1.54) is 16.8 Å². The highest BCUT2D eigenvalue weighted by Gasteiger charge is 2.27. The number of fused-ring (bicyclic) bond motifs is 8. The average molecular weight is 410 g/mol. The normalized spacial score (nSPS) is 15.5. The lowest BCUT2D eigenvalue weighted by Crippen LogP contribution is -2.37. The van der Waals surface area contributed by atoms with Crippen molar-refractivity contribution < 1.29 is 4.79 Å². The van der Waals surface area contributed by atoms with Gasteiger partial charge in [-0.2, -0.15) is 5.10 Å². The Balaban J connectivity index is 1.61. The number of aryl methyl sites for hydroxylation is 1. The fourth-order valence-electron chi connectivity index (χ4n) is 5.16. The monoisotopic (exact) mass is 410 g/mol. The van der Waals surface area contributed by atoms with E-state index >= 15 is 0 Å². The standard InChI is InChI=1S/C24H22N6O/c1-3-20(31)30-10-7-14(8-11-30)24-27-22-17-12-25-9-6-15(17)16-4-5-19-18(13-26-28-19)21(16)23(22)29(24)2/h3-6,9,12-14H,1,7-8,10-11H2,2H3,(H,26,28). The van der Waals surface area contributed by atoms with Gasteiger partial charge in [-0.15, -0.1) is 0 Å².